The SMILES string of the molecule is C1=CB2C=Cc3c(ccc4c3ccc3ccccc34)N2C=C1.C1=CB2C=Cc3c(ccc4cc5ccccc5cc34)N2C=C1.C1=CB2C=Cc3cc4c(ccc5ccccc54)cc3N2C=C1.C1=Cc2ccccc2N2B1C=Cc1cc3ccccc3cc12. The van der Waals surface area contributed by atoms with E-state index in [9.17, 15) is 0 Å². The third kappa shape index (κ3) is 8.98. The highest BCUT2D eigenvalue weighted by Crippen LogP contribution is 2.43. The molecule has 0 saturated heterocycles. The summed E-state index contributed by atoms with van der Waals surface area (Å²) >= 11 is 0. The number of rotatable bonds is 0. The molecule has 0 aliphatic carbocycles. The van der Waals surface area contributed by atoms with Gasteiger partial charge in [-0.15, -0.1) is 0 Å². The zero-order valence-corrected chi connectivity index (χ0v) is 48.4. The first kappa shape index (κ1) is 51.5. The summed E-state index contributed by atoms with van der Waals surface area (Å²) in [5.41, 5.74) is 13.0. The number of hydrogen-bond acceptors (Lipinski definition) is 4. The van der Waals surface area contributed by atoms with E-state index in [1.165, 1.54) is 132 Å². The second-order valence-electron chi connectivity index (χ2n) is 23.6. The Hall–Kier alpha value is -10.9. The smallest absolute Gasteiger partial charge is 0.313 e. The van der Waals surface area contributed by atoms with E-state index >= 15 is 0 Å². The van der Waals surface area contributed by atoms with E-state index < -0.39 is 0 Å². The molecule has 0 bridgehead atoms. The molecule has 12 aromatic rings. The number of hydrogen-bond donors (Lipinski definition) is 0. The summed E-state index contributed by atoms with van der Waals surface area (Å²) in [4.78, 5) is 9.45. The van der Waals surface area contributed by atoms with Crippen molar-refractivity contribution in [2.75, 3.05) is 19.2 Å². The average molecular weight is 1120 g/mol. The molecule has 0 fully saturated rings. The summed E-state index contributed by atoms with van der Waals surface area (Å²) in [6.45, 7) is 1.34. The summed E-state index contributed by atoms with van der Waals surface area (Å²) in [6, 6.07) is 74.8. The highest BCUT2D eigenvalue weighted by molar-refractivity contribution is 6.78. The third-order valence-electron chi connectivity index (χ3n) is 18.5. The van der Waals surface area contributed by atoms with Crippen LogP contribution in [0.2, 0.25) is 0 Å². The van der Waals surface area contributed by atoms with Gasteiger partial charge in [-0.2, -0.15) is 0 Å². The van der Waals surface area contributed by atoms with Gasteiger partial charge in [0.15, 0.2) is 0 Å². The Bertz CT molecular complexity index is 5140. The largest absolute Gasteiger partial charge is 0.383 e. The molecule has 0 aromatic heterocycles. The molecule has 8 aliphatic rings. The molecule has 8 heterocycles. The second kappa shape index (κ2) is 21.5. The van der Waals surface area contributed by atoms with Crippen LogP contribution in [0.15, 0.2) is 309 Å². The Labute approximate surface area is 514 Å². The van der Waals surface area contributed by atoms with Crippen LogP contribution >= 0.6 is 0 Å². The van der Waals surface area contributed by atoms with Crippen LogP contribution in [0, 0.1) is 0 Å². The van der Waals surface area contributed by atoms with E-state index in [0.717, 1.165) is 0 Å². The van der Waals surface area contributed by atoms with Crippen molar-refractivity contribution >= 4 is 162 Å². The van der Waals surface area contributed by atoms with Gasteiger partial charge in [-0.1, -0.05) is 248 Å². The standard InChI is InChI=1S/4C20H14BN/c1-2-7-17-14-20-18(13-16(17)6-1)10-12-21-11-9-15-5-3-4-8-19(15)22(20)21;1-2-6-16-15(5-1)7-8-18-17(16)9-10-20-19(18)11-13-21-12-3-4-14-22(20)21;1-2-6-16-14-19-17(13-15(16)5-1)7-8-20-18(19)9-11-21-10-3-4-12-22(20)21;1-2-6-18-15(5-1)7-8-16-14-20-17(13-19(16)18)9-11-21-10-3-4-12-22(20)21/h4*1-14H. The lowest BCUT2D eigenvalue weighted by molar-refractivity contribution is 1.35. The summed E-state index contributed by atoms with van der Waals surface area (Å²) in [7, 11) is 0. The number of benzene rings is 12. The maximum Gasteiger partial charge on any atom is 0.313 e. The first-order chi connectivity index (χ1) is 43.6. The Balaban J connectivity index is 0.0000000910. The van der Waals surface area contributed by atoms with Crippen LogP contribution in [0.4, 0.5) is 28.4 Å². The minimum atomic E-state index is 0.309. The lowest BCUT2D eigenvalue weighted by atomic mass is 9.55. The molecular weight excluding hydrogens is 1060 g/mol. The first-order valence-electron chi connectivity index (χ1n) is 30.7. The molecule has 0 saturated carbocycles. The van der Waals surface area contributed by atoms with Crippen molar-refractivity contribution in [3.8, 4) is 0 Å². The van der Waals surface area contributed by atoms with Crippen LogP contribution < -0.4 is 19.2 Å². The van der Waals surface area contributed by atoms with Gasteiger partial charge in [-0.25, -0.2) is 0 Å². The van der Waals surface area contributed by atoms with Gasteiger partial charge in [-0.3, -0.25) is 0 Å². The van der Waals surface area contributed by atoms with Crippen molar-refractivity contribution in [1.82, 2.24) is 0 Å². The van der Waals surface area contributed by atoms with Crippen LogP contribution in [0.5, 0.6) is 0 Å². The molecule has 0 amide bonds. The molecule has 0 radical (unpaired) electrons. The zero-order valence-electron chi connectivity index (χ0n) is 48.4. The predicted molar refractivity (Wildman–Crippen MR) is 387 cm³/mol. The van der Waals surface area contributed by atoms with Crippen LogP contribution in [0.25, 0.3) is 106 Å². The van der Waals surface area contributed by atoms with Gasteiger partial charge in [0.2, 0.25) is 0 Å². The van der Waals surface area contributed by atoms with E-state index in [4.69, 9.17) is 0 Å². The maximum absolute atomic E-state index is 2.44. The number of anilines is 5. The Morgan fingerprint density at radius 2 is 0.659 bits per heavy atom. The maximum atomic E-state index is 2.44. The monoisotopic (exact) mass is 1120 g/mol. The molecule has 408 valence electrons. The van der Waals surface area contributed by atoms with Crippen molar-refractivity contribution < 1.29 is 0 Å². The average Bonchev–Trinajstić information content (AvgIpc) is 2.77. The first-order valence-corrected chi connectivity index (χ1v) is 30.7. The summed E-state index contributed by atoms with van der Waals surface area (Å²) in [6.07, 6.45) is 30.4. The van der Waals surface area contributed by atoms with E-state index in [1.807, 2.05) is 0 Å². The second-order valence-corrected chi connectivity index (χ2v) is 23.6. The van der Waals surface area contributed by atoms with Gasteiger partial charge in [0.25, 0.3) is 0 Å². The van der Waals surface area contributed by atoms with Gasteiger partial charge >= 0.3 is 27.4 Å². The number of nitrogens with zero attached hydrogens (tertiary/aromatic N) is 4. The molecule has 0 unspecified atom stereocenters. The molecule has 4 nitrogen and oxygen atoms in total. The highest BCUT2D eigenvalue weighted by atomic mass is 15.1. The molecule has 0 atom stereocenters. The zero-order chi connectivity index (χ0) is 58.1. The van der Waals surface area contributed by atoms with Gasteiger partial charge < -0.3 is 19.2 Å². The van der Waals surface area contributed by atoms with Crippen molar-refractivity contribution in [3.63, 3.8) is 0 Å². The fourth-order valence-corrected chi connectivity index (χ4v) is 14.2. The Kier molecular flexibility index (Phi) is 12.6. The van der Waals surface area contributed by atoms with Gasteiger partial charge in [-0.05, 0) is 184 Å². The molecule has 0 spiro atoms. The molecule has 88 heavy (non-hydrogen) atoms. The Morgan fingerprint density at radius 3 is 1.34 bits per heavy atom. The molecule has 20 rings (SSSR count). The number of fused-ring (bicyclic) bond motifs is 25. The van der Waals surface area contributed by atoms with E-state index in [1.54, 1.807) is 0 Å². The van der Waals surface area contributed by atoms with Crippen LogP contribution in [-0.2, 0) is 0 Å². The van der Waals surface area contributed by atoms with Crippen molar-refractivity contribution in [2.24, 2.45) is 0 Å². The highest BCUT2D eigenvalue weighted by Gasteiger charge is 2.31. The molecule has 0 N–H and O–H groups in total. The summed E-state index contributed by atoms with van der Waals surface area (Å²) in [5.74, 6) is 18.0. The van der Waals surface area contributed by atoms with Crippen LogP contribution in [-0.4, -0.2) is 27.4 Å². The molecule has 12 aromatic carbocycles. The quantitative estimate of drug-likeness (QED) is 0.0852. The predicted octanol–water partition coefficient (Wildman–Crippen LogP) is 20.0. The lowest BCUT2D eigenvalue weighted by Gasteiger charge is -2.36. The fraction of sp³-hybridized carbons (Fsp3) is 0. The van der Waals surface area contributed by atoms with Crippen LogP contribution in [0.3, 0.4) is 0 Å². The third-order valence-corrected chi connectivity index (χ3v) is 18.5. The minimum Gasteiger partial charge on any atom is -0.383 e. The lowest BCUT2D eigenvalue weighted by Crippen LogP contribution is -2.37. The van der Waals surface area contributed by atoms with Gasteiger partial charge in [0, 0.05) is 39.6 Å². The number of para-hydroxylation sites is 1. The van der Waals surface area contributed by atoms with E-state index in [0.29, 0.717) is 27.4 Å². The minimum absolute atomic E-state index is 0.309. The van der Waals surface area contributed by atoms with Crippen molar-refractivity contribution in [2.45, 2.75) is 0 Å². The molecule has 8 aliphatic heterocycles. The molecular formula is C80H56B4N4. The summed E-state index contributed by atoms with van der Waals surface area (Å²) in [5, 5.41) is 18.4. The van der Waals surface area contributed by atoms with Crippen LogP contribution in [0.1, 0.15) is 27.8 Å². The van der Waals surface area contributed by atoms with Crippen molar-refractivity contribution in [3.05, 3.63) is 337 Å². The fourth-order valence-electron chi connectivity index (χ4n) is 14.2. The Morgan fingerprint density at radius 1 is 0.216 bits per heavy atom. The van der Waals surface area contributed by atoms with Gasteiger partial charge in [0.05, 0.1) is 0 Å². The van der Waals surface area contributed by atoms with Gasteiger partial charge in [0.1, 0.15) is 0 Å². The van der Waals surface area contributed by atoms with E-state index in [-0.39, 0.29) is 0 Å². The van der Waals surface area contributed by atoms with E-state index in [2.05, 4.69) is 359 Å². The number of allylic oxidation sites excluding steroid dienone is 6. The molecule has 8 heteroatoms. The normalized spacial score (nSPS) is 15.3. The summed E-state index contributed by atoms with van der Waals surface area (Å²) < 4.78 is 0. The topological polar surface area (TPSA) is 13.0 Å². The van der Waals surface area contributed by atoms with Crippen molar-refractivity contribution in [1.29, 1.82) is 0 Å².